The summed E-state index contributed by atoms with van der Waals surface area (Å²) >= 11 is 6.14. The summed E-state index contributed by atoms with van der Waals surface area (Å²) in [7, 11) is 5.03. The monoisotopic (exact) mass is 1040 g/mol. The normalized spacial score (nSPS) is 13.1. The van der Waals surface area contributed by atoms with Crippen molar-refractivity contribution in [3.05, 3.63) is 160 Å². The highest BCUT2D eigenvalue weighted by molar-refractivity contribution is 8.14. The summed E-state index contributed by atoms with van der Waals surface area (Å²) in [6, 6.07) is 40.7. The first-order valence-electron chi connectivity index (χ1n) is 21.1. The molecule has 2 heterocycles. The number of rotatable bonds is 16. The van der Waals surface area contributed by atoms with Crippen molar-refractivity contribution in [2.24, 2.45) is 27.2 Å². The van der Waals surface area contributed by atoms with Gasteiger partial charge in [-0.25, -0.2) is 9.98 Å². The molecule has 5 aromatic rings. The first kappa shape index (κ1) is 57.6. The lowest BCUT2D eigenvalue weighted by molar-refractivity contribution is 0.258. The van der Waals surface area contributed by atoms with Gasteiger partial charge in [-0.3, -0.25) is 20.6 Å². The van der Waals surface area contributed by atoms with E-state index in [2.05, 4.69) is 69.0 Å². The van der Waals surface area contributed by atoms with Crippen LogP contribution >= 0.6 is 71.9 Å². The van der Waals surface area contributed by atoms with Crippen LogP contribution in [0.4, 0.5) is 0 Å². The summed E-state index contributed by atoms with van der Waals surface area (Å²) in [4.78, 5) is 14.1. The fourth-order valence-corrected chi connectivity index (χ4v) is 9.29. The molecule has 0 spiro atoms. The lowest BCUT2D eigenvalue weighted by atomic mass is 10.1. The number of hydrogen-bond donors (Lipinski definition) is 7. The molecule has 0 fully saturated rings. The third kappa shape index (κ3) is 20.9. The Morgan fingerprint density at radius 1 is 0.529 bits per heavy atom. The molecule has 0 aliphatic carbocycles. The van der Waals surface area contributed by atoms with Crippen LogP contribution in [-0.4, -0.2) is 78.5 Å². The number of methoxy groups -OCH3 is 3. The van der Waals surface area contributed by atoms with Crippen LogP contribution in [0.2, 0.25) is 0 Å². The van der Waals surface area contributed by atoms with Crippen molar-refractivity contribution in [2.75, 3.05) is 48.0 Å². The Hall–Kier alpha value is -4.76. The Morgan fingerprint density at radius 3 is 1.13 bits per heavy atom. The maximum Gasteiger partial charge on any atom is 0.159 e. The molecule has 2 aliphatic heterocycles. The molecule has 0 saturated heterocycles. The van der Waals surface area contributed by atoms with Gasteiger partial charge in [-0.2, -0.15) is 0 Å². The third-order valence-electron chi connectivity index (χ3n) is 9.99. The summed E-state index contributed by atoms with van der Waals surface area (Å²) in [5.74, 6) is 5.77. The molecule has 0 bridgehead atoms. The molecule has 0 atom stereocenters. The molecule has 0 radical (unpaired) electrons. The van der Waals surface area contributed by atoms with E-state index in [4.69, 9.17) is 52.2 Å². The lowest BCUT2D eigenvalue weighted by Crippen LogP contribution is -2.41. The van der Waals surface area contributed by atoms with E-state index in [1.165, 1.54) is 45.8 Å². The van der Waals surface area contributed by atoms with Crippen LogP contribution in [0.5, 0.6) is 17.2 Å². The number of nitrogens with two attached hydrogens (primary N) is 3. The van der Waals surface area contributed by atoms with Gasteiger partial charge in [-0.15, -0.1) is 24.8 Å². The molecule has 366 valence electrons. The highest BCUT2D eigenvalue weighted by Crippen LogP contribution is 2.25. The standard InChI is InChI=1S/C30H36N6O2S2.C10H14N4S2.C8H11NO.2ClH/c1-37-27-11-7-23(8-12-27)15-35-19-31-29(32-20-35)39-17-25-5-3-4-6-26(25)18-40-30-33-21-36(22-34-30)16-24-9-13-28(38-2)14-10-24;11-9(12)15-5-7-3-1-2-4-8(7)6-16-10(13)14;1-10-8-4-2-7(6-9)3-5-8;;/h3-14H,15-22H2,1-2H3,(H,31,32)(H,33,34);1-4H,5-6H2,(H3,11,12)(H3,13,14);2-5H,6,9H2,1H3;2*1H. The molecule has 20 heteroatoms. The Morgan fingerprint density at radius 2 is 0.853 bits per heavy atom. The zero-order valence-corrected chi connectivity index (χ0v) is 43.4. The number of ether oxygens (including phenoxy) is 3. The van der Waals surface area contributed by atoms with Gasteiger partial charge in [0.15, 0.2) is 20.7 Å². The second-order valence-corrected chi connectivity index (χ2v) is 18.7. The number of hydrogen-bond acceptors (Lipinski definition) is 16. The van der Waals surface area contributed by atoms with E-state index in [0.717, 1.165) is 82.2 Å². The van der Waals surface area contributed by atoms with Crippen molar-refractivity contribution in [3.8, 4) is 17.2 Å². The molecule has 0 amide bonds. The summed E-state index contributed by atoms with van der Waals surface area (Å²) in [5, 5.41) is 23.5. The Kier molecular flexibility index (Phi) is 27.2. The molecule has 10 N–H and O–H groups in total. The number of aliphatic imine (C=N–C) groups is 2. The molecule has 5 aromatic carbocycles. The van der Waals surface area contributed by atoms with E-state index < -0.39 is 0 Å². The van der Waals surface area contributed by atoms with Gasteiger partial charge in [0, 0.05) is 42.6 Å². The molecule has 14 nitrogen and oxygen atoms in total. The fraction of sp³-hybridized carbons (Fsp3) is 0.292. The van der Waals surface area contributed by atoms with Gasteiger partial charge in [0.05, 0.1) is 48.0 Å². The first-order valence-corrected chi connectivity index (χ1v) is 25.0. The van der Waals surface area contributed by atoms with Crippen molar-refractivity contribution >= 4 is 92.5 Å². The second kappa shape index (κ2) is 32.1. The smallest absolute Gasteiger partial charge is 0.159 e. The average molecular weight is 1040 g/mol. The van der Waals surface area contributed by atoms with Crippen LogP contribution in [0.1, 0.15) is 38.9 Å². The van der Waals surface area contributed by atoms with Crippen LogP contribution in [-0.2, 0) is 42.6 Å². The van der Waals surface area contributed by atoms with E-state index >= 15 is 0 Å². The minimum absolute atomic E-state index is 0. The van der Waals surface area contributed by atoms with E-state index in [9.17, 15) is 0 Å². The van der Waals surface area contributed by atoms with Crippen LogP contribution in [0.15, 0.2) is 131 Å². The number of thioether (sulfide) groups is 4. The predicted molar refractivity (Wildman–Crippen MR) is 295 cm³/mol. The zero-order chi connectivity index (χ0) is 46.9. The fourth-order valence-electron chi connectivity index (χ4n) is 6.33. The molecule has 68 heavy (non-hydrogen) atoms. The van der Waals surface area contributed by atoms with Crippen molar-refractivity contribution < 1.29 is 14.2 Å². The molecular formula is C48H63Cl2N11O3S4. The SMILES string of the molecule is COc1ccc(CN)cc1.COc1ccc(CN2CN=C(SCc3ccccc3CSC3=NCN(Cc4ccc(OC)cc4)CN3)NC2)cc1.Cl.Cl.N=C(N)SCc1ccccc1CSC(=N)N. The summed E-state index contributed by atoms with van der Waals surface area (Å²) in [6.07, 6.45) is 0. The van der Waals surface area contributed by atoms with Gasteiger partial charge in [0.1, 0.15) is 17.2 Å². The van der Waals surface area contributed by atoms with Crippen LogP contribution < -0.4 is 42.0 Å². The van der Waals surface area contributed by atoms with E-state index in [0.29, 0.717) is 31.4 Å². The maximum absolute atomic E-state index is 7.17. The highest BCUT2D eigenvalue weighted by atomic mass is 35.5. The summed E-state index contributed by atoms with van der Waals surface area (Å²) in [5.41, 5.74) is 24.6. The van der Waals surface area contributed by atoms with Crippen molar-refractivity contribution in [3.63, 3.8) is 0 Å². The average Bonchev–Trinajstić information content (AvgIpc) is 3.36. The Bertz CT molecular complexity index is 2170. The predicted octanol–water partition coefficient (Wildman–Crippen LogP) is 8.86. The highest BCUT2D eigenvalue weighted by Gasteiger charge is 2.16. The van der Waals surface area contributed by atoms with Gasteiger partial charge in [-0.1, -0.05) is 132 Å². The zero-order valence-electron chi connectivity index (χ0n) is 38.5. The van der Waals surface area contributed by atoms with E-state index in [1.54, 1.807) is 44.9 Å². The van der Waals surface area contributed by atoms with Gasteiger partial charge >= 0.3 is 0 Å². The topological polar surface area (TPSA) is 209 Å². The minimum Gasteiger partial charge on any atom is -0.497 e. The van der Waals surface area contributed by atoms with Gasteiger partial charge in [0.2, 0.25) is 0 Å². The number of nitrogens with one attached hydrogen (secondary N) is 4. The van der Waals surface area contributed by atoms with Crippen molar-refractivity contribution in [2.45, 2.75) is 42.6 Å². The minimum atomic E-state index is 0. The number of nitrogens with zero attached hydrogens (tertiary/aromatic N) is 4. The second-order valence-electron chi connectivity index (χ2n) is 14.7. The quantitative estimate of drug-likeness (QED) is 0.0364. The molecule has 0 unspecified atom stereocenters. The number of halogens is 2. The summed E-state index contributed by atoms with van der Waals surface area (Å²) < 4.78 is 15.5. The molecule has 7 rings (SSSR count). The maximum atomic E-state index is 7.17. The molecule has 2 aliphatic rings. The van der Waals surface area contributed by atoms with Crippen molar-refractivity contribution in [1.29, 1.82) is 10.8 Å². The molecule has 0 aromatic heterocycles. The van der Waals surface area contributed by atoms with Gasteiger partial charge in [0.25, 0.3) is 0 Å². The van der Waals surface area contributed by atoms with Crippen LogP contribution in [0, 0.1) is 10.8 Å². The first-order chi connectivity index (χ1) is 32.1. The largest absolute Gasteiger partial charge is 0.497 e. The lowest BCUT2D eigenvalue weighted by Gasteiger charge is -2.27. The van der Waals surface area contributed by atoms with Gasteiger partial charge in [-0.05, 0) is 75.3 Å². The number of benzene rings is 5. The Labute approximate surface area is 430 Å². The van der Waals surface area contributed by atoms with E-state index in [1.807, 2.05) is 72.8 Å². The van der Waals surface area contributed by atoms with Crippen molar-refractivity contribution in [1.82, 2.24) is 20.4 Å². The van der Waals surface area contributed by atoms with Crippen LogP contribution in [0.25, 0.3) is 0 Å². The molecular weight excluding hydrogens is 978 g/mol. The van der Waals surface area contributed by atoms with Gasteiger partial charge < -0.3 is 42.0 Å². The third-order valence-corrected chi connectivity index (χ3v) is 13.5. The van der Waals surface area contributed by atoms with Crippen LogP contribution in [0.3, 0.4) is 0 Å². The van der Waals surface area contributed by atoms with E-state index in [-0.39, 0.29) is 35.1 Å². The summed E-state index contributed by atoms with van der Waals surface area (Å²) in [6.45, 7) is 5.27. The molecule has 0 saturated carbocycles. The Balaban J connectivity index is 0.000000359. The number of amidine groups is 4.